The summed E-state index contributed by atoms with van der Waals surface area (Å²) >= 11 is 0. The Labute approximate surface area is 232 Å². The Bertz CT molecular complexity index is 1370. The topological polar surface area (TPSA) is 114 Å². The number of hydrogen-bond acceptors (Lipinski definition) is 6. The average molecular weight is 576 g/mol. The Morgan fingerprint density at radius 3 is 2.12 bits per heavy atom. The minimum atomic E-state index is -3.94. The van der Waals surface area contributed by atoms with Crippen LogP contribution in [0.2, 0.25) is 0 Å². The number of nitrogens with zero attached hydrogens (tertiary/aromatic N) is 1. The Hall–Kier alpha value is -4.03. The van der Waals surface area contributed by atoms with E-state index in [1.165, 1.54) is 65.6 Å². The predicted molar refractivity (Wildman–Crippen MR) is 145 cm³/mol. The van der Waals surface area contributed by atoms with Crippen LogP contribution < -0.4 is 14.8 Å². The van der Waals surface area contributed by atoms with Crippen molar-refractivity contribution in [1.29, 1.82) is 0 Å². The molecule has 0 aliphatic heterocycles. The Morgan fingerprint density at radius 1 is 0.925 bits per heavy atom. The van der Waals surface area contributed by atoms with Crippen LogP contribution in [0, 0.1) is 11.6 Å². The lowest BCUT2D eigenvalue weighted by atomic mass is 10.1. The number of carbonyl (C=O) groups excluding carboxylic acids is 2. The van der Waals surface area contributed by atoms with Gasteiger partial charge in [0.05, 0.1) is 4.90 Å². The Balaban J connectivity index is 1.66. The number of amides is 2. The van der Waals surface area contributed by atoms with Crippen molar-refractivity contribution in [1.82, 2.24) is 10.2 Å². The van der Waals surface area contributed by atoms with Gasteiger partial charge in [0.1, 0.15) is 23.4 Å². The smallest absolute Gasteiger partial charge is 0.261 e. The second-order valence-corrected chi connectivity index (χ2v) is 10.5. The van der Waals surface area contributed by atoms with Crippen molar-refractivity contribution >= 4 is 27.5 Å². The zero-order chi connectivity index (χ0) is 29.1. The van der Waals surface area contributed by atoms with Crippen molar-refractivity contribution in [3.63, 3.8) is 0 Å². The van der Waals surface area contributed by atoms with Gasteiger partial charge in [0.15, 0.2) is 6.61 Å². The largest absolute Gasteiger partial charge is 0.484 e. The first-order chi connectivity index (χ1) is 19.1. The van der Waals surface area contributed by atoms with Crippen LogP contribution in [0.1, 0.15) is 18.9 Å². The first kappa shape index (κ1) is 30.5. The molecule has 0 aromatic heterocycles. The number of carbonyl (C=O) groups is 2. The lowest BCUT2D eigenvalue weighted by Gasteiger charge is -2.28. The van der Waals surface area contributed by atoms with Gasteiger partial charge in [0.25, 0.3) is 15.9 Å². The molecule has 0 aliphatic carbocycles. The molecule has 0 radical (unpaired) electrons. The molecule has 9 nitrogen and oxygen atoms in total. The van der Waals surface area contributed by atoms with Crippen LogP contribution in [0.5, 0.6) is 5.75 Å². The maximum atomic E-state index is 13.4. The van der Waals surface area contributed by atoms with Gasteiger partial charge in [0, 0.05) is 32.5 Å². The molecule has 0 fully saturated rings. The summed E-state index contributed by atoms with van der Waals surface area (Å²) in [4.78, 5) is 27.1. The van der Waals surface area contributed by atoms with E-state index >= 15 is 0 Å². The van der Waals surface area contributed by atoms with Crippen molar-refractivity contribution in [3.8, 4) is 5.75 Å². The van der Waals surface area contributed by atoms with Crippen molar-refractivity contribution in [2.75, 3.05) is 31.6 Å². The number of anilines is 1. The summed E-state index contributed by atoms with van der Waals surface area (Å²) in [6, 6.07) is 15.0. The van der Waals surface area contributed by atoms with E-state index in [-0.39, 0.29) is 28.8 Å². The molecule has 0 saturated carbocycles. The first-order valence-corrected chi connectivity index (χ1v) is 13.9. The molecule has 214 valence electrons. The van der Waals surface area contributed by atoms with Crippen LogP contribution in [-0.2, 0) is 30.9 Å². The SMILES string of the molecule is COCCCNC(=O)[C@@H](C)N(Cc1ccc(F)cc1)C(=O)COc1ccc(S(=O)(=O)Nc2ccc(F)cc2)cc1. The number of hydrogen-bond donors (Lipinski definition) is 2. The highest BCUT2D eigenvalue weighted by Crippen LogP contribution is 2.20. The zero-order valence-electron chi connectivity index (χ0n) is 22.1. The highest BCUT2D eigenvalue weighted by molar-refractivity contribution is 7.92. The number of nitrogens with one attached hydrogen (secondary N) is 2. The summed E-state index contributed by atoms with van der Waals surface area (Å²) < 4.78 is 64.6. The van der Waals surface area contributed by atoms with E-state index in [0.717, 1.165) is 12.1 Å². The van der Waals surface area contributed by atoms with E-state index in [1.54, 1.807) is 14.0 Å². The third-order valence-corrected chi connectivity index (χ3v) is 7.25. The predicted octanol–water partition coefficient (Wildman–Crippen LogP) is 3.71. The lowest BCUT2D eigenvalue weighted by molar-refractivity contribution is -0.142. The number of rotatable bonds is 14. The number of sulfonamides is 1. The Morgan fingerprint density at radius 2 is 1.52 bits per heavy atom. The van der Waals surface area contributed by atoms with Gasteiger partial charge in [0.2, 0.25) is 5.91 Å². The molecule has 0 heterocycles. The average Bonchev–Trinajstić information content (AvgIpc) is 2.94. The lowest BCUT2D eigenvalue weighted by Crippen LogP contribution is -2.49. The number of ether oxygens (including phenoxy) is 2. The van der Waals surface area contributed by atoms with Gasteiger partial charge >= 0.3 is 0 Å². The molecule has 0 spiro atoms. The van der Waals surface area contributed by atoms with E-state index < -0.39 is 40.2 Å². The van der Waals surface area contributed by atoms with Crippen LogP contribution in [0.15, 0.2) is 77.7 Å². The second kappa shape index (κ2) is 14.4. The molecule has 0 saturated heterocycles. The maximum Gasteiger partial charge on any atom is 0.261 e. The van der Waals surface area contributed by atoms with Crippen molar-refractivity contribution in [2.45, 2.75) is 30.8 Å². The summed E-state index contributed by atoms with van der Waals surface area (Å²) in [5, 5.41) is 2.77. The Kier molecular flexibility index (Phi) is 11.0. The highest BCUT2D eigenvalue weighted by atomic mass is 32.2. The molecule has 2 N–H and O–H groups in total. The standard InChI is InChI=1S/C28H31F2N3O6S/c1-20(28(35)31-16-3-17-38-2)33(18-21-4-6-22(29)7-5-21)27(34)19-39-25-12-14-26(15-13-25)40(36,37)32-24-10-8-23(30)9-11-24/h4-15,20,32H,3,16-19H2,1-2H3,(H,31,35)/t20-/m1/s1. The third-order valence-electron chi connectivity index (χ3n) is 5.85. The second-order valence-electron chi connectivity index (χ2n) is 8.83. The van der Waals surface area contributed by atoms with E-state index in [9.17, 15) is 26.8 Å². The summed E-state index contributed by atoms with van der Waals surface area (Å²) in [5.74, 6) is -1.56. The maximum absolute atomic E-state index is 13.4. The number of benzene rings is 3. The molecule has 0 bridgehead atoms. The fourth-order valence-corrected chi connectivity index (χ4v) is 4.68. The van der Waals surface area contributed by atoms with Crippen molar-refractivity contribution in [3.05, 3.63) is 90.0 Å². The van der Waals surface area contributed by atoms with Gasteiger partial charge < -0.3 is 19.7 Å². The quantitative estimate of drug-likeness (QED) is 0.284. The van der Waals surface area contributed by atoms with Crippen LogP contribution in [0.3, 0.4) is 0 Å². The fourth-order valence-electron chi connectivity index (χ4n) is 3.62. The third kappa shape index (κ3) is 9.02. The van der Waals surface area contributed by atoms with E-state index in [4.69, 9.17) is 9.47 Å². The van der Waals surface area contributed by atoms with Crippen LogP contribution in [0.4, 0.5) is 14.5 Å². The normalized spacial score (nSPS) is 11.9. The van der Waals surface area contributed by atoms with Crippen LogP contribution >= 0.6 is 0 Å². The molecule has 3 aromatic rings. The van der Waals surface area contributed by atoms with Gasteiger partial charge in [-0.25, -0.2) is 17.2 Å². The van der Waals surface area contributed by atoms with Crippen LogP contribution in [0.25, 0.3) is 0 Å². The molecule has 2 amide bonds. The summed E-state index contributed by atoms with van der Waals surface area (Å²) in [5.41, 5.74) is 0.822. The van der Waals surface area contributed by atoms with Gasteiger partial charge in [-0.1, -0.05) is 12.1 Å². The van der Waals surface area contributed by atoms with E-state index in [1.807, 2.05) is 0 Å². The molecule has 0 unspecified atom stereocenters. The summed E-state index contributed by atoms with van der Waals surface area (Å²) in [7, 11) is -2.38. The molecule has 0 aliphatic rings. The number of halogens is 2. The monoisotopic (exact) mass is 575 g/mol. The van der Waals surface area contributed by atoms with Gasteiger partial charge in [-0.15, -0.1) is 0 Å². The molecular weight excluding hydrogens is 544 g/mol. The van der Waals surface area contributed by atoms with E-state index in [0.29, 0.717) is 25.1 Å². The minimum absolute atomic E-state index is 0.0430. The molecule has 40 heavy (non-hydrogen) atoms. The van der Waals surface area contributed by atoms with Gasteiger partial charge in [-0.05, 0) is 79.6 Å². The molecule has 3 aromatic carbocycles. The van der Waals surface area contributed by atoms with Crippen molar-refractivity contribution < 1.29 is 36.3 Å². The highest BCUT2D eigenvalue weighted by Gasteiger charge is 2.26. The molecule has 1 atom stereocenters. The van der Waals surface area contributed by atoms with Gasteiger partial charge in [-0.3, -0.25) is 14.3 Å². The fraction of sp³-hybridized carbons (Fsp3) is 0.286. The van der Waals surface area contributed by atoms with Crippen LogP contribution in [-0.4, -0.2) is 58.0 Å². The molecule has 3 rings (SSSR count). The van der Waals surface area contributed by atoms with Gasteiger partial charge in [-0.2, -0.15) is 0 Å². The molecule has 12 heteroatoms. The summed E-state index contributed by atoms with van der Waals surface area (Å²) in [6.45, 7) is 2.05. The first-order valence-electron chi connectivity index (χ1n) is 12.4. The minimum Gasteiger partial charge on any atom is -0.484 e. The summed E-state index contributed by atoms with van der Waals surface area (Å²) in [6.07, 6.45) is 0.606. The molecular formula is C28H31F2N3O6S. The van der Waals surface area contributed by atoms with E-state index in [2.05, 4.69) is 10.0 Å². The zero-order valence-corrected chi connectivity index (χ0v) is 22.9. The number of methoxy groups -OCH3 is 1. The van der Waals surface area contributed by atoms with Crippen molar-refractivity contribution in [2.24, 2.45) is 0 Å².